The van der Waals surface area contributed by atoms with Crippen molar-refractivity contribution in [2.75, 3.05) is 13.1 Å². The number of hydrogen-bond acceptors (Lipinski definition) is 3. The zero-order valence-electron chi connectivity index (χ0n) is 9.90. The van der Waals surface area contributed by atoms with E-state index in [1.807, 2.05) is 12.1 Å². The van der Waals surface area contributed by atoms with Crippen molar-refractivity contribution < 1.29 is 0 Å². The van der Waals surface area contributed by atoms with E-state index in [0.717, 1.165) is 24.8 Å². The third-order valence-electron chi connectivity index (χ3n) is 3.77. The van der Waals surface area contributed by atoms with Gasteiger partial charge in [0.15, 0.2) is 0 Å². The minimum Gasteiger partial charge on any atom is -0.310 e. The fourth-order valence-corrected chi connectivity index (χ4v) is 3.11. The van der Waals surface area contributed by atoms with E-state index in [0.29, 0.717) is 11.2 Å². The van der Waals surface area contributed by atoms with Crippen molar-refractivity contribution in [3.05, 3.63) is 29.0 Å². The molecule has 4 heteroatoms. The highest BCUT2D eigenvalue weighted by molar-refractivity contribution is 6.29. The van der Waals surface area contributed by atoms with Crippen molar-refractivity contribution >= 4 is 11.6 Å². The van der Waals surface area contributed by atoms with Gasteiger partial charge in [0.25, 0.3) is 0 Å². The maximum Gasteiger partial charge on any atom is 0.129 e. The number of halogens is 1. The first-order valence-electron chi connectivity index (χ1n) is 6.39. The van der Waals surface area contributed by atoms with Crippen molar-refractivity contribution in [1.82, 2.24) is 15.2 Å². The summed E-state index contributed by atoms with van der Waals surface area (Å²) in [4.78, 5) is 6.86. The smallest absolute Gasteiger partial charge is 0.129 e. The molecule has 0 radical (unpaired) electrons. The van der Waals surface area contributed by atoms with Crippen LogP contribution >= 0.6 is 11.6 Å². The van der Waals surface area contributed by atoms with Gasteiger partial charge in [-0.1, -0.05) is 17.7 Å². The summed E-state index contributed by atoms with van der Waals surface area (Å²) in [6.07, 6.45) is 3.94. The van der Waals surface area contributed by atoms with Crippen molar-refractivity contribution in [2.24, 2.45) is 0 Å². The number of likely N-dealkylation sites (tertiary alicyclic amines) is 1. The molecule has 2 unspecified atom stereocenters. The normalized spacial score (nSPS) is 29.2. The molecule has 2 bridgehead atoms. The molecule has 0 amide bonds. The summed E-state index contributed by atoms with van der Waals surface area (Å²) in [6.45, 7) is 3.23. The molecule has 3 nitrogen and oxygen atoms in total. The quantitative estimate of drug-likeness (QED) is 0.816. The third kappa shape index (κ3) is 2.79. The number of nitrogens with one attached hydrogen (secondary N) is 1. The van der Waals surface area contributed by atoms with Gasteiger partial charge in [0.1, 0.15) is 5.15 Å². The van der Waals surface area contributed by atoms with E-state index >= 15 is 0 Å². The number of nitrogens with zero attached hydrogens (tertiary/aromatic N) is 2. The highest BCUT2D eigenvalue weighted by Gasteiger charge is 2.29. The molecule has 1 aromatic rings. The Morgan fingerprint density at radius 2 is 2.18 bits per heavy atom. The third-order valence-corrected chi connectivity index (χ3v) is 3.98. The largest absolute Gasteiger partial charge is 0.310 e. The standard InChI is InChI=1S/C13H18ClN3/c14-13-3-1-2-11(16-13)8-17-7-6-10-4-5-12(9-17)15-10/h1-3,10,12,15H,4-9H2. The first kappa shape index (κ1) is 11.5. The minimum absolute atomic E-state index is 0.594. The molecule has 3 rings (SSSR count). The molecule has 1 aromatic heterocycles. The molecule has 3 heterocycles. The fraction of sp³-hybridized carbons (Fsp3) is 0.615. The number of fused-ring (bicyclic) bond motifs is 2. The zero-order valence-corrected chi connectivity index (χ0v) is 10.7. The summed E-state index contributed by atoms with van der Waals surface area (Å²) in [5.74, 6) is 0. The molecule has 17 heavy (non-hydrogen) atoms. The van der Waals surface area contributed by atoms with Crippen molar-refractivity contribution in [3.63, 3.8) is 0 Å². The predicted octanol–water partition coefficient (Wildman–Crippen LogP) is 2.06. The number of aromatic nitrogens is 1. The van der Waals surface area contributed by atoms with Gasteiger partial charge < -0.3 is 5.32 Å². The fourth-order valence-electron chi connectivity index (χ4n) is 2.93. The molecule has 2 saturated heterocycles. The van der Waals surface area contributed by atoms with E-state index < -0.39 is 0 Å². The molecular formula is C13H18ClN3. The average molecular weight is 252 g/mol. The van der Waals surface area contributed by atoms with Crippen molar-refractivity contribution in [3.8, 4) is 0 Å². The Morgan fingerprint density at radius 3 is 3.06 bits per heavy atom. The summed E-state index contributed by atoms with van der Waals surface area (Å²) < 4.78 is 0. The topological polar surface area (TPSA) is 28.2 Å². The van der Waals surface area contributed by atoms with E-state index in [1.54, 1.807) is 0 Å². The van der Waals surface area contributed by atoms with Gasteiger partial charge in [0, 0.05) is 31.7 Å². The Hall–Kier alpha value is -0.640. The maximum atomic E-state index is 5.92. The van der Waals surface area contributed by atoms with Crippen LogP contribution in [-0.2, 0) is 6.54 Å². The molecule has 1 N–H and O–H groups in total. The molecule has 2 fully saturated rings. The van der Waals surface area contributed by atoms with E-state index in [2.05, 4.69) is 21.3 Å². The van der Waals surface area contributed by atoms with Crippen LogP contribution in [0.4, 0.5) is 0 Å². The van der Waals surface area contributed by atoms with Crippen LogP contribution < -0.4 is 5.32 Å². The van der Waals surface area contributed by atoms with Crippen LogP contribution in [0.15, 0.2) is 18.2 Å². The van der Waals surface area contributed by atoms with Crippen LogP contribution in [0.2, 0.25) is 5.15 Å². The lowest BCUT2D eigenvalue weighted by molar-refractivity contribution is 0.248. The lowest BCUT2D eigenvalue weighted by Crippen LogP contribution is -2.35. The first-order valence-corrected chi connectivity index (χ1v) is 6.77. The zero-order chi connectivity index (χ0) is 11.7. The Bertz CT molecular complexity index is 396. The van der Waals surface area contributed by atoms with Crippen molar-refractivity contribution in [1.29, 1.82) is 0 Å². The Morgan fingerprint density at radius 1 is 1.29 bits per heavy atom. The molecular weight excluding hydrogens is 234 g/mol. The Labute approximate surface area is 107 Å². The summed E-state index contributed by atoms with van der Waals surface area (Å²) in [5.41, 5.74) is 1.08. The number of rotatable bonds is 2. The van der Waals surface area contributed by atoms with E-state index in [9.17, 15) is 0 Å². The van der Waals surface area contributed by atoms with Crippen LogP contribution in [0.3, 0.4) is 0 Å². The van der Waals surface area contributed by atoms with E-state index in [4.69, 9.17) is 11.6 Å². The average Bonchev–Trinajstić information content (AvgIpc) is 2.63. The van der Waals surface area contributed by atoms with Crippen molar-refractivity contribution in [2.45, 2.75) is 37.9 Å². The van der Waals surface area contributed by atoms with E-state index in [-0.39, 0.29) is 0 Å². The van der Waals surface area contributed by atoms with Gasteiger partial charge in [-0.3, -0.25) is 4.90 Å². The molecule has 0 aliphatic carbocycles. The highest BCUT2D eigenvalue weighted by Crippen LogP contribution is 2.21. The highest BCUT2D eigenvalue weighted by atomic mass is 35.5. The Kier molecular flexibility index (Phi) is 3.32. The minimum atomic E-state index is 0.594. The molecule has 0 saturated carbocycles. The molecule has 0 aromatic carbocycles. The van der Waals surface area contributed by atoms with Gasteiger partial charge in [-0.25, -0.2) is 4.98 Å². The predicted molar refractivity (Wildman–Crippen MR) is 69.1 cm³/mol. The molecule has 2 aliphatic heterocycles. The SMILES string of the molecule is Clc1cccc(CN2CCC3CCC(C2)N3)n1. The number of hydrogen-bond donors (Lipinski definition) is 1. The second kappa shape index (κ2) is 4.92. The summed E-state index contributed by atoms with van der Waals surface area (Å²) in [6, 6.07) is 7.30. The van der Waals surface area contributed by atoms with Crippen LogP contribution in [0.1, 0.15) is 25.0 Å². The molecule has 2 aliphatic rings. The monoisotopic (exact) mass is 251 g/mol. The molecule has 0 spiro atoms. The summed E-state index contributed by atoms with van der Waals surface area (Å²) >= 11 is 5.92. The second-order valence-electron chi connectivity index (χ2n) is 5.11. The summed E-state index contributed by atoms with van der Waals surface area (Å²) in [5, 5.41) is 4.29. The van der Waals surface area contributed by atoms with E-state index in [1.165, 1.54) is 25.8 Å². The van der Waals surface area contributed by atoms with Gasteiger partial charge in [-0.2, -0.15) is 0 Å². The summed E-state index contributed by atoms with van der Waals surface area (Å²) in [7, 11) is 0. The molecule has 2 atom stereocenters. The van der Waals surface area contributed by atoms with Crippen LogP contribution in [0.5, 0.6) is 0 Å². The Balaban J connectivity index is 1.65. The van der Waals surface area contributed by atoms with Gasteiger partial charge in [-0.05, 0) is 31.4 Å². The van der Waals surface area contributed by atoms with Crippen LogP contribution in [0.25, 0.3) is 0 Å². The lowest BCUT2D eigenvalue weighted by atomic mass is 10.1. The second-order valence-corrected chi connectivity index (χ2v) is 5.50. The molecule has 92 valence electrons. The van der Waals surface area contributed by atoms with Gasteiger partial charge in [-0.15, -0.1) is 0 Å². The lowest BCUT2D eigenvalue weighted by Gasteiger charge is -2.23. The number of pyridine rings is 1. The first-order chi connectivity index (χ1) is 8.29. The van der Waals surface area contributed by atoms with Gasteiger partial charge in [0.2, 0.25) is 0 Å². The van der Waals surface area contributed by atoms with Crippen LogP contribution in [-0.4, -0.2) is 35.1 Å². The maximum absolute atomic E-state index is 5.92. The van der Waals surface area contributed by atoms with Crippen LogP contribution in [0, 0.1) is 0 Å². The van der Waals surface area contributed by atoms with Gasteiger partial charge in [0.05, 0.1) is 5.69 Å². The van der Waals surface area contributed by atoms with Gasteiger partial charge >= 0.3 is 0 Å².